The van der Waals surface area contributed by atoms with Gasteiger partial charge in [-0.15, -0.1) is 0 Å². The summed E-state index contributed by atoms with van der Waals surface area (Å²) in [5.74, 6) is 0.617. The number of hydrogen-bond donors (Lipinski definition) is 1. The molecule has 0 spiro atoms. The fraction of sp³-hybridized carbons (Fsp3) is 0.588. The van der Waals surface area contributed by atoms with E-state index in [4.69, 9.17) is 0 Å². The molecule has 0 radical (unpaired) electrons. The number of hydrogen-bond acceptors (Lipinski definition) is 1. The summed E-state index contributed by atoms with van der Waals surface area (Å²) < 4.78 is 0. The zero-order valence-electron chi connectivity index (χ0n) is 12.7. The highest BCUT2D eigenvalue weighted by Gasteiger charge is 2.20. The third-order valence-electron chi connectivity index (χ3n) is 3.97. The van der Waals surface area contributed by atoms with Crippen molar-refractivity contribution in [2.45, 2.75) is 46.0 Å². The monoisotopic (exact) mass is 274 g/mol. The van der Waals surface area contributed by atoms with Crippen LogP contribution in [0.15, 0.2) is 24.3 Å². The molecular weight excluding hydrogens is 248 g/mol. The molecule has 2 amide bonds. The molecule has 3 nitrogen and oxygen atoms in total. The summed E-state index contributed by atoms with van der Waals surface area (Å²) in [4.78, 5) is 14.1. The molecule has 1 unspecified atom stereocenters. The second-order valence-corrected chi connectivity index (χ2v) is 5.92. The highest BCUT2D eigenvalue weighted by molar-refractivity contribution is 5.89. The molecular formula is C17H26N2O. The molecule has 0 bridgehead atoms. The Hall–Kier alpha value is -1.51. The van der Waals surface area contributed by atoms with Crippen molar-refractivity contribution < 1.29 is 4.79 Å². The van der Waals surface area contributed by atoms with Crippen LogP contribution >= 0.6 is 0 Å². The van der Waals surface area contributed by atoms with Gasteiger partial charge in [0.05, 0.1) is 0 Å². The van der Waals surface area contributed by atoms with Gasteiger partial charge in [-0.1, -0.05) is 32.4 Å². The van der Waals surface area contributed by atoms with Crippen molar-refractivity contribution in [3.63, 3.8) is 0 Å². The van der Waals surface area contributed by atoms with Crippen LogP contribution < -0.4 is 5.32 Å². The summed E-state index contributed by atoms with van der Waals surface area (Å²) in [7, 11) is 0. The van der Waals surface area contributed by atoms with E-state index >= 15 is 0 Å². The molecule has 1 N–H and O–H groups in total. The van der Waals surface area contributed by atoms with Gasteiger partial charge < -0.3 is 10.2 Å². The van der Waals surface area contributed by atoms with Gasteiger partial charge in [-0.05, 0) is 49.3 Å². The van der Waals surface area contributed by atoms with Gasteiger partial charge in [0.1, 0.15) is 0 Å². The fourth-order valence-electron chi connectivity index (χ4n) is 2.71. The molecule has 110 valence electrons. The van der Waals surface area contributed by atoms with Crippen molar-refractivity contribution in [2.24, 2.45) is 5.92 Å². The summed E-state index contributed by atoms with van der Waals surface area (Å²) in [5.41, 5.74) is 2.24. The van der Waals surface area contributed by atoms with E-state index in [9.17, 15) is 4.79 Å². The molecule has 1 fully saturated rings. The second-order valence-electron chi connectivity index (χ2n) is 5.92. The van der Waals surface area contributed by atoms with Crippen LogP contribution in [0.25, 0.3) is 0 Å². The summed E-state index contributed by atoms with van der Waals surface area (Å²) >= 11 is 0. The van der Waals surface area contributed by atoms with E-state index in [1.54, 1.807) is 0 Å². The summed E-state index contributed by atoms with van der Waals surface area (Å²) in [6.07, 6.45) is 5.90. The molecule has 1 saturated heterocycles. The largest absolute Gasteiger partial charge is 0.324 e. The van der Waals surface area contributed by atoms with Crippen LogP contribution in [0.2, 0.25) is 0 Å². The molecule has 1 aromatic carbocycles. The molecule has 0 aliphatic carbocycles. The van der Waals surface area contributed by atoms with Gasteiger partial charge in [0, 0.05) is 18.8 Å². The third kappa shape index (κ3) is 4.26. The van der Waals surface area contributed by atoms with Crippen molar-refractivity contribution in [3.05, 3.63) is 29.8 Å². The lowest BCUT2D eigenvalue weighted by Gasteiger charge is -2.30. The number of carbonyl (C=O) groups excluding carboxylic acids is 1. The average Bonchev–Trinajstić information content (AvgIpc) is 2.46. The van der Waals surface area contributed by atoms with E-state index in [1.165, 1.54) is 24.8 Å². The molecule has 1 aliphatic rings. The number of urea groups is 1. The van der Waals surface area contributed by atoms with E-state index < -0.39 is 0 Å². The lowest BCUT2D eigenvalue weighted by atomic mass is 10.0. The summed E-state index contributed by atoms with van der Waals surface area (Å²) in [6, 6.07) is 8.29. The number of carbonyl (C=O) groups is 1. The lowest BCUT2D eigenvalue weighted by molar-refractivity contribution is 0.182. The van der Waals surface area contributed by atoms with Crippen molar-refractivity contribution in [3.8, 4) is 0 Å². The van der Waals surface area contributed by atoms with Crippen LogP contribution in [0.4, 0.5) is 10.5 Å². The SMILES string of the molecule is CCCCc1ccc(NC(=O)N2CCCC(C)C2)cc1. The molecule has 3 heteroatoms. The molecule has 1 heterocycles. The number of amides is 2. The van der Waals surface area contributed by atoms with Gasteiger partial charge in [0.15, 0.2) is 0 Å². The van der Waals surface area contributed by atoms with Crippen molar-refractivity contribution in [1.29, 1.82) is 0 Å². The minimum absolute atomic E-state index is 0.0397. The minimum Gasteiger partial charge on any atom is -0.324 e. The quantitative estimate of drug-likeness (QED) is 0.872. The number of benzene rings is 1. The number of rotatable bonds is 4. The number of anilines is 1. The topological polar surface area (TPSA) is 32.3 Å². The maximum Gasteiger partial charge on any atom is 0.321 e. The highest BCUT2D eigenvalue weighted by atomic mass is 16.2. The Morgan fingerprint density at radius 2 is 2.10 bits per heavy atom. The van der Waals surface area contributed by atoms with E-state index in [-0.39, 0.29) is 6.03 Å². The Morgan fingerprint density at radius 3 is 2.75 bits per heavy atom. The molecule has 1 aliphatic heterocycles. The van der Waals surface area contributed by atoms with Crippen molar-refractivity contribution in [2.75, 3.05) is 18.4 Å². The first-order chi connectivity index (χ1) is 9.69. The Bertz CT molecular complexity index is 427. The average molecular weight is 274 g/mol. The molecule has 2 rings (SSSR count). The van der Waals surface area contributed by atoms with Crippen LogP contribution in [0.5, 0.6) is 0 Å². The third-order valence-corrected chi connectivity index (χ3v) is 3.97. The highest BCUT2D eigenvalue weighted by Crippen LogP contribution is 2.17. The van der Waals surface area contributed by atoms with Crippen LogP contribution in [0, 0.1) is 5.92 Å². The second kappa shape index (κ2) is 7.32. The summed E-state index contributed by atoms with van der Waals surface area (Å²) in [6.45, 7) is 6.17. The normalized spacial score (nSPS) is 18.9. The van der Waals surface area contributed by atoms with E-state index in [0.29, 0.717) is 5.92 Å². The molecule has 0 aromatic heterocycles. The number of nitrogens with one attached hydrogen (secondary N) is 1. The molecule has 0 saturated carbocycles. The Labute approximate surface area is 122 Å². The fourth-order valence-corrected chi connectivity index (χ4v) is 2.71. The zero-order chi connectivity index (χ0) is 14.4. The number of piperidine rings is 1. The lowest BCUT2D eigenvalue weighted by Crippen LogP contribution is -2.41. The van der Waals surface area contributed by atoms with Crippen LogP contribution in [-0.2, 0) is 6.42 Å². The van der Waals surface area contributed by atoms with Crippen LogP contribution in [0.1, 0.15) is 45.1 Å². The number of unbranched alkanes of at least 4 members (excludes halogenated alkanes) is 1. The maximum atomic E-state index is 12.2. The Morgan fingerprint density at radius 1 is 1.35 bits per heavy atom. The first-order valence-electron chi connectivity index (χ1n) is 7.84. The maximum absolute atomic E-state index is 12.2. The van der Waals surface area contributed by atoms with Crippen LogP contribution in [-0.4, -0.2) is 24.0 Å². The smallest absolute Gasteiger partial charge is 0.321 e. The van der Waals surface area contributed by atoms with Gasteiger partial charge in [-0.2, -0.15) is 0 Å². The number of nitrogens with zero attached hydrogens (tertiary/aromatic N) is 1. The predicted molar refractivity (Wildman–Crippen MR) is 84.0 cm³/mol. The Balaban J connectivity index is 1.87. The molecule has 1 aromatic rings. The van der Waals surface area contributed by atoms with Gasteiger partial charge >= 0.3 is 6.03 Å². The molecule has 20 heavy (non-hydrogen) atoms. The van der Waals surface area contributed by atoms with Crippen molar-refractivity contribution in [1.82, 2.24) is 4.90 Å². The van der Waals surface area contributed by atoms with Crippen molar-refractivity contribution >= 4 is 11.7 Å². The van der Waals surface area contributed by atoms with Gasteiger partial charge in [0.25, 0.3) is 0 Å². The van der Waals surface area contributed by atoms with Crippen LogP contribution in [0.3, 0.4) is 0 Å². The number of likely N-dealkylation sites (tertiary alicyclic amines) is 1. The standard InChI is InChI=1S/C17H26N2O/c1-3-4-7-15-8-10-16(11-9-15)18-17(20)19-12-5-6-14(2)13-19/h8-11,14H,3-7,12-13H2,1-2H3,(H,18,20). The molecule has 1 atom stereocenters. The number of aryl methyl sites for hydroxylation is 1. The van der Waals surface area contributed by atoms with Gasteiger partial charge in [-0.3, -0.25) is 0 Å². The minimum atomic E-state index is 0.0397. The predicted octanol–water partition coefficient (Wildman–Crippen LogP) is 4.29. The van der Waals surface area contributed by atoms with Gasteiger partial charge in [0.2, 0.25) is 0 Å². The summed E-state index contributed by atoms with van der Waals surface area (Å²) in [5, 5.41) is 3.00. The zero-order valence-corrected chi connectivity index (χ0v) is 12.7. The van der Waals surface area contributed by atoms with Gasteiger partial charge in [-0.25, -0.2) is 4.79 Å². The first kappa shape index (κ1) is 14.9. The van der Waals surface area contributed by atoms with E-state index in [0.717, 1.165) is 31.6 Å². The Kier molecular flexibility index (Phi) is 5.45. The van der Waals surface area contributed by atoms with E-state index in [1.807, 2.05) is 17.0 Å². The van der Waals surface area contributed by atoms with E-state index in [2.05, 4.69) is 31.3 Å². The first-order valence-corrected chi connectivity index (χ1v) is 7.84.